The molecule has 3 heterocycles. The average Bonchev–Trinajstić information content (AvgIpc) is 3.49. The van der Waals surface area contributed by atoms with Crippen LogP contribution in [0.1, 0.15) is 62.5 Å². The van der Waals surface area contributed by atoms with E-state index in [0.29, 0.717) is 73.3 Å². The minimum Gasteiger partial charge on any atom is -0.497 e. The maximum Gasteiger partial charge on any atom is 0.274 e. The zero-order valence-electron chi connectivity index (χ0n) is 42.1. The summed E-state index contributed by atoms with van der Waals surface area (Å²) >= 11 is 6.01. The second kappa shape index (κ2) is 29.1. The second-order valence-corrected chi connectivity index (χ2v) is 16.9. The first kappa shape index (κ1) is 56.3. The van der Waals surface area contributed by atoms with Crippen LogP contribution < -0.4 is 34.9 Å². The smallest absolute Gasteiger partial charge is 0.274 e. The van der Waals surface area contributed by atoms with Crippen LogP contribution in [0, 0.1) is 5.82 Å². The number of halogens is 2. The Morgan fingerprint density at radius 3 is 1.20 bits per heavy atom. The minimum absolute atomic E-state index is 0.120. The van der Waals surface area contributed by atoms with Crippen molar-refractivity contribution in [2.75, 3.05) is 42.9 Å². The van der Waals surface area contributed by atoms with Crippen molar-refractivity contribution in [2.45, 2.75) is 0 Å². The molecule has 16 nitrogen and oxygen atoms in total. The Kier molecular flexibility index (Phi) is 20.7. The van der Waals surface area contributed by atoms with E-state index in [9.17, 15) is 33.2 Å². The van der Waals surface area contributed by atoms with Gasteiger partial charge in [0.15, 0.2) is 31.4 Å². The maximum atomic E-state index is 13.2. The number of pyridine rings is 3. The van der Waals surface area contributed by atoms with Crippen LogP contribution in [0.5, 0.6) is 23.0 Å². The molecule has 0 fully saturated rings. The fourth-order valence-electron chi connectivity index (χ4n) is 6.90. The van der Waals surface area contributed by atoms with Gasteiger partial charge in [0.1, 0.15) is 45.9 Å². The lowest BCUT2D eigenvalue weighted by molar-refractivity contribution is 0.0914. The number of rotatable bonds is 19. The quantitative estimate of drug-likeness (QED) is 0.0644. The Morgan fingerprint density at radius 1 is 0.418 bits per heavy atom. The second-order valence-electron chi connectivity index (χ2n) is 16.4. The lowest BCUT2D eigenvalue weighted by Gasteiger charge is -2.09. The van der Waals surface area contributed by atoms with Gasteiger partial charge in [-0.3, -0.25) is 43.7 Å². The summed E-state index contributed by atoms with van der Waals surface area (Å²) < 4.78 is 34.8. The predicted molar refractivity (Wildman–Crippen MR) is 296 cm³/mol. The highest BCUT2D eigenvalue weighted by atomic mass is 35.5. The Morgan fingerprint density at radius 2 is 0.797 bits per heavy atom. The van der Waals surface area contributed by atoms with E-state index in [0.717, 1.165) is 6.07 Å². The summed E-state index contributed by atoms with van der Waals surface area (Å²) in [5, 5.41) is 8.59. The largest absolute Gasteiger partial charge is 0.497 e. The van der Waals surface area contributed by atoms with Crippen LogP contribution in [0.25, 0.3) is 0 Å². The number of carbonyl (C=O) groups excluding carboxylic acids is 6. The number of ether oxygens (including phenoxy) is 4. The monoisotopic (exact) mass is 1080 g/mol. The molecule has 3 aromatic heterocycles. The summed E-state index contributed by atoms with van der Waals surface area (Å²) in [6.07, 6.45) is 4.64. The van der Waals surface area contributed by atoms with Gasteiger partial charge in [0.05, 0.1) is 12.1 Å². The van der Waals surface area contributed by atoms with E-state index in [1.54, 1.807) is 195 Å². The van der Waals surface area contributed by atoms with E-state index in [2.05, 4.69) is 30.9 Å². The number of nitrogens with one attached hydrogen (secondary N) is 3. The number of amides is 3. The topological polar surface area (TPSA) is 214 Å². The van der Waals surface area contributed by atoms with Gasteiger partial charge in [-0.25, -0.2) is 4.39 Å². The number of hydrogen-bond donors (Lipinski definition) is 3. The van der Waals surface area contributed by atoms with Crippen LogP contribution in [0.4, 0.5) is 21.5 Å². The van der Waals surface area contributed by atoms with E-state index < -0.39 is 5.82 Å². The maximum absolute atomic E-state index is 13.2. The molecule has 0 aliphatic rings. The Balaban J connectivity index is 0.000000172. The molecule has 0 unspecified atom stereocenters. The van der Waals surface area contributed by atoms with E-state index in [1.807, 2.05) is 0 Å². The van der Waals surface area contributed by atoms with Crippen molar-refractivity contribution in [3.63, 3.8) is 0 Å². The molecule has 0 bridgehead atoms. The van der Waals surface area contributed by atoms with Gasteiger partial charge < -0.3 is 34.9 Å². The number of benzene rings is 6. The molecule has 0 saturated carbocycles. The zero-order chi connectivity index (χ0) is 55.8. The van der Waals surface area contributed by atoms with E-state index in [1.165, 1.54) is 24.4 Å². The number of hydrogen-bond acceptors (Lipinski definition) is 13. The van der Waals surface area contributed by atoms with Crippen molar-refractivity contribution < 1.29 is 52.1 Å². The Hall–Kier alpha value is -10.4. The van der Waals surface area contributed by atoms with E-state index in [4.69, 9.17) is 30.5 Å². The number of Topliss-reactive ketones (excluding diaryl/α,β-unsaturated/α-hetero) is 3. The lowest BCUT2D eigenvalue weighted by atomic mass is 10.1. The van der Waals surface area contributed by atoms with Crippen LogP contribution in [-0.4, -0.2) is 77.0 Å². The summed E-state index contributed by atoms with van der Waals surface area (Å²) in [5.74, 6) is -0.241. The van der Waals surface area contributed by atoms with Crippen LogP contribution in [-0.2, 0) is 0 Å². The number of aromatic nitrogens is 3. The number of carbonyl (C=O) groups is 6. The molecule has 3 N–H and O–H groups in total. The van der Waals surface area contributed by atoms with Gasteiger partial charge in [-0.1, -0.05) is 84.4 Å². The third-order valence-corrected chi connectivity index (χ3v) is 11.1. The van der Waals surface area contributed by atoms with Crippen LogP contribution in [0.15, 0.2) is 219 Å². The molecule has 9 rings (SSSR count). The van der Waals surface area contributed by atoms with Gasteiger partial charge in [-0.05, 0) is 109 Å². The molecule has 0 spiro atoms. The molecule has 79 heavy (non-hydrogen) atoms. The molecule has 0 saturated heterocycles. The zero-order valence-corrected chi connectivity index (χ0v) is 42.8. The summed E-state index contributed by atoms with van der Waals surface area (Å²) in [4.78, 5) is 84.9. The normalized spacial score (nSPS) is 10.2. The number of methoxy groups -OCH3 is 1. The fraction of sp³-hybridized carbons (Fsp3) is 0.0656. The highest BCUT2D eigenvalue weighted by Crippen LogP contribution is 2.23. The van der Waals surface area contributed by atoms with Crippen molar-refractivity contribution in [2.24, 2.45) is 0 Å². The summed E-state index contributed by atoms with van der Waals surface area (Å²) in [7, 11) is 1.55. The first-order chi connectivity index (χ1) is 38.4. The molecule has 0 aliphatic heterocycles. The predicted octanol–water partition coefficient (Wildman–Crippen LogP) is 11.6. The van der Waals surface area contributed by atoms with Gasteiger partial charge in [0, 0.05) is 70.5 Å². The van der Waals surface area contributed by atoms with Crippen LogP contribution in [0.2, 0.25) is 5.02 Å². The van der Waals surface area contributed by atoms with Gasteiger partial charge >= 0.3 is 0 Å². The highest BCUT2D eigenvalue weighted by molar-refractivity contribution is 6.34. The Bertz CT molecular complexity index is 3540. The fourth-order valence-corrected chi connectivity index (χ4v) is 7.15. The van der Waals surface area contributed by atoms with Crippen molar-refractivity contribution in [3.8, 4) is 23.0 Å². The van der Waals surface area contributed by atoms with Crippen molar-refractivity contribution in [1.29, 1.82) is 0 Å². The summed E-state index contributed by atoms with van der Waals surface area (Å²) in [6.45, 7) is -0.507. The van der Waals surface area contributed by atoms with Crippen molar-refractivity contribution in [1.82, 2.24) is 15.0 Å². The minimum atomic E-state index is -0.477. The standard InChI is InChI=1S/C21H18N2O4.C20H15ClN2O3.C20H15FN2O3/c1-26-17-8-4-6-15(12-17)20(24)14-27-18-9-5-7-16(13-18)23-21(25)19-10-2-3-11-22-19;21-17-9-2-1-8-16(17)19(24)13-26-15-7-5-6-14(12-15)23-20(25)18-10-3-4-11-22-18;21-15-6-3-5-14(11-15)19(24)13-26-17-8-4-7-16(12-17)23-20(25)18-9-1-2-10-22-18/h2-13H,14H2,1H3,(H,23,25);2*1-12H,13H2,(H,23,25). The molecule has 396 valence electrons. The van der Waals surface area contributed by atoms with Gasteiger partial charge in [0.2, 0.25) is 5.78 Å². The molecular weight excluding hydrogens is 1030 g/mol. The third-order valence-electron chi connectivity index (χ3n) is 10.8. The van der Waals surface area contributed by atoms with E-state index >= 15 is 0 Å². The SMILES string of the molecule is COc1cccc(C(=O)COc2cccc(NC(=O)c3ccccn3)c2)c1.O=C(COc1cccc(NC(=O)c2ccccn2)c1)c1cccc(F)c1.O=C(Nc1cccc(OCC(=O)c2ccccc2Cl)c1)c1ccccn1. The van der Waals surface area contributed by atoms with Crippen molar-refractivity contribution >= 4 is 63.7 Å². The number of nitrogens with zero attached hydrogens (tertiary/aromatic N) is 3. The lowest BCUT2D eigenvalue weighted by Crippen LogP contribution is -2.14. The highest BCUT2D eigenvalue weighted by Gasteiger charge is 2.14. The molecule has 9 aromatic rings. The summed E-state index contributed by atoms with van der Waals surface area (Å²) in [6, 6.07) is 54.7. The third kappa shape index (κ3) is 17.9. The van der Waals surface area contributed by atoms with Gasteiger partial charge in [-0.2, -0.15) is 0 Å². The molecular formula is C61H48ClFN6O10. The van der Waals surface area contributed by atoms with Gasteiger partial charge in [-0.15, -0.1) is 0 Å². The molecule has 0 atom stereocenters. The number of anilines is 3. The first-order valence-electron chi connectivity index (χ1n) is 24.0. The Labute approximate surface area is 458 Å². The van der Waals surface area contributed by atoms with Crippen LogP contribution >= 0.6 is 11.6 Å². The molecule has 0 aliphatic carbocycles. The van der Waals surface area contributed by atoms with Crippen LogP contribution in [0.3, 0.4) is 0 Å². The molecule has 18 heteroatoms. The first-order valence-corrected chi connectivity index (χ1v) is 24.4. The van der Waals surface area contributed by atoms with Gasteiger partial charge in [0.25, 0.3) is 17.7 Å². The average molecular weight is 1080 g/mol. The molecule has 0 radical (unpaired) electrons. The van der Waals surface area contributed by atoms with Crippen molar-refractivity contribution in [3.05, 3.63) is 263 Å². The molecule has 6 aromatic carbocycles. The van der Waals surface area contributed by atoms with E-state index in [-0.39, 0.29) is 60.5 Å². The molecule has 3 amide bonds. The number of ketones is 3. The summed E-state index contributed by atoms with van der Waals surface area (Å²) in [5.41, 5.74) is 3.69.